The van der Waals surface area contributed by atoms with Crippen LogP contribution in [0.4, 0.5) is 5.69 Å². The number of fused-ring (bicyclic) bond motifs is 1. The second-order valence-electron chi connectivity index (χ2n) is 11.3. The van der Waals surface area contributed by atoms with Crippen LogP contribution in [0.1, 0.15) is 44.1 Å². The number of carboxylic acids is 1. The van der Waals surface area contributed by atoms with E-state index in [9.17, 15) is 14.7 Å². The molecule has 1 amide bonds. The van der Waals surface area contributed by atoms with Crippen molar-refractivity contribution in [3.05, 3.63) is 137 Å². The van der Waals surface area contributed by atoms with E-state index in [4.69, 9.17) is 9.47 Å². The summed E-state index contributed by atoms with van der Waals surface area (Å²) in [5, 5.41) is 12.4. The summed E-state index contributed by atoms with van der Waals surface area (Å²) >= 11 is 0. The molecule has 5 aromatic rings. The average molecular weight is 584 g/mol. The fourth-order valence-electron chi connectivity index (χ4n) is 5.95. The molecule has 2 N–H and O–H groups in total. The monoisotopic (exact) mass is 583 g/mol. The predicted molar refractivity (Wildman–Crippen MR) is 173 cm³/mol. The summed E-state index contributed by atoms with van der Waals surface area (Å²) in [4.78, 5) is 25.2. The van der Waals surface area contributed by atoms with E-state index in [-0.39, 0.29) is 18.3 Å². The summed E-state index contributed by atoms with van der Waals surface area (Å²) < 4.78 is 11.0. The molecule has 0 spiro atoms. The number of nitrogens with one attached hydrogen (secondary N) is 1. The van der Waals surface area contributed by atoms with Crippen molar-refractivity contribution < 1.29 is 24.2 Å². The standard InChI is InChI=1S/C38H33NO5/c1-23-18-24(2)36(25(3)19-23)29-12-15-32(16-13-29)39-37(40)33(20-26-4-6-30(7-5-26)38(41)42)28-10-8-27(9-11-28)31-14-17-34-35(21-31)44-22-43-34/h4-19,21,33H,20,22H2,1-3H3,(H,39,40)(H,41,42). The number of hydrogen-bond donors (Lipinski definition) is 2. The van der Waals surface area contributed by atoms with Crippen LogP contribution in [0.25, 0.3) is 22.3 Å². The van der Waals surface area contributed by atoms with E-state index < -0.39 is 11.9 Å². The van der Waals surface area contributed by atoms with Crippen molar-refractivity contribution in [2.45, 2.75) is 33.1 Å². The Kier molecular flexibility index (Phi) is 7.90. The summed E-state index contributed by atoms with van der Waals surface area (Å²) in [6.45, 7) is 6.56. The van der Waals surface area contributed by atoms with Crippen molar-refractivity contribution in [2.75, 3.05) is 12.1 Å². The highest BCUT2D eigenvalue weighted by atomic mass is 16.7. The van der Waals surface area contributed by atoms with E-state index in [1.165, 1.54) is 22.3 Å². The molecule has 0 radical (unpaired) electrons. The van der Waals surface area contributed by atoms with Gasteiger partial charge in [0.25, 0.3) is 0 Å². The maximum atomic E-state index is 13.8. The maximum absolute atomic E-state index is 13.8. The first-order valence-corrected chi connectivity index (χ1v) is 14.6. The van der Waals surface area contributed by atoms with Gasteiger partial charge in [0.1, 0.15) is 0 Å². The summed E-state index contributed by atoms with van der Waals surface area (Å²) in [5.41, 5.74) is 10.6. The molecule has 0 saturated carbocycles. The van der Waals surface area contributed by atoms with Gasteiger partial charge in [0, 0.05) is 5.69 Å². The van der Waals surface area contributed by atoms with Crippen LogP contribution in [0.3, 0.4) is 0 Å². The molecule has 1 unspecified atom stereocenters. The molecule has 220 valence electrons. The Labute approximate surface area is 256 Å². The number of hydrogen-bond acceptors (Lipinski definition) is 4. The highest BCUT2D eigenvalue weighted by Crippen LogP contribution is 2.36. The minimum Gasteiger partial charge on any atom is -0.478 e. The molecule has 0 saturated heterocycles. The summed E-state index contributed by atoms with van der Waals surface area (Å²) in [7, 11) is 0. The zero-order valence-electron chi connectivity index (χ0n) is 24.9. The molecular formula is C38H33NO5. The third-order valence-corrected chi connectivity index (χ3v) is 8.09. The van der Waals surface area contributed by atoms with Gasteiger partial charge in [0.2, 0.25) is 12.7 Å². The lowest BCUT2D eigenvalue weighted by molar-refractivity contribution is -0.117. The number of carboxylic acid groups (broad SMARTS) is 1. The lowest BCUT2D eigenvalue weighted by atomic mass is 9.89. The van der Waals surface area contributed by atoms with Gasteiger partial charge in [-0.05, 0) is 108 Å². The van der Waals surface area contributed by atoms with Gasteiger partial charge in [-0.15, -0.1) is 0 Å². The maximum Gasteiger partial charge on any atom is 0.335 e. The van der Waals surface area contributed by atoms with E-state index in [0.29, 0.717) is 17.9 Å². The van der Waals surface area contributed by atoms with Crippen molar-refractivity contribution in [1.82, 2.24) is 0 Å². The minimum absolute atomic E-state index is 0.140. The Balaban J connectivity index is 1.26. The van der Waals surface area contributed by atoms with E-state index in [1.807, 2.05) is 66.7 Å². The van der Waals surface area contributed by atoms with Crippen molar-refractivity contribution in [3.8, 4) is 33.8 Å². The Morgan fingerprint density at radius 1 is 0.727 bits per heavy atom. The number of aryl methyl sites for hydroxylation is 3. The first-order chi connectivity index (χ1) is 21.2. The molecule has 44 heavy (non-hydrogen) atoms. The van der Waals surface area contributed by atoms with E-state index in [1.54, 1.807) is 24.3 Å². The third-order valence-electron chi connectivity index (χ3n) is 8.09. The van der Waals surface area contributed by atoms with Gasteiger partial charge in [-0.2, -0.15) is 0 Å². The average Bonchev–Trinajstić information content (AvgIpc) is 3.49. The first-order valence-electron chi connectivity index (χ1n) is 14.6. The second-order valence-corrected chi connectivity index (χ2v) is 11.3. The van der Waals surface area contributed by atoms with Gasteiger partial charge in [0.15, 0.2) is 11.5 Å². The number of carbonyl (C=O) groups excluding carboxylic acids is 1. The molecule has 0 fully saturated rings. The molecule has 1 heterocycles. The summed E-state index contributed by atoms with van der Waals surface area (Å²) in [5.74, 6) is -0.179. The van der Waals surface area contributed by atoms with Gasteiger partial charge in [-0.3, -0.25) is 4.79 Å². The Morgan fingerprint density at radius 2 is 1.34 bits per heavy atom. The van der Waals surface area contributed by atoms with Gasteiger partial charge >= 0.3 is 5.97 Å². The molecule has 0 aliphatic carbocycles. The SMILES string of the molecule is Cc1cc(C)c(-c2ccc(NC(=O)C(Cc3ccc(C(=O)O)cc3)c3ccc(-c4ccc5c(c4)OCO5)cc3)cc2)c(C)c1. The normalized spacial score (nSPS) is 12.5. The Bertz CT molecular complexity index is 1820. The van der Waals surface area contributed by atoms with Crippen LogP contribution in [-0.2, 0) is 11.2 Å². The van der Waals surface area contributed by atoms with Gasteiger partial charge in [-0.25, -0.2) is 4.79 Å². The van der Waals surface area contributed by atoms with Crippen LogP contribution < -0.4 is 14.8 Å². The van der Waals surface area contributed by atoms with Crippen LogP contribution in [0.5, 0.6) is 11.5 Å². The van der Waals surface area contributed by atoms with E-state index >= 15 is 0 Å². The third kappa shape index (κ3) is 6.06. The van der Waals surface area contributed by atoms with Crippen molar-refractivity contribution >= 4 is 17.6 Å². The summed E-state index contributed by atoms with van der Waals surface area (Å²) in [6, 6.07) is 32.8. The van der Waals surface area contributed by atoms with Crippen LogP contribution in [-0.4, -0.2) is 23.8 Å². The molecule has 6 nitrogen and oxygen atoms in total. The number of rotatable bonds is 8. The number of amides is 1. The van der Waals surface area contributed by atoms with Crippen molar-refractivity contribution in [2.24, 2.45) is 0 Å². The topological polar surface area (TPSA) is 84.9 Å². The zero-order valence-corrected chi connectivity index (χ0v) is 24.9. The molecule has 0 aromatic heterocycles. The molecule has 6 heteroatoms. The Hall–Kier alpha value is -5.36. The molecule has 6 rings (SSSR count). The highest BCUT2D eigenvalue weighted by molar-refractivity contribution is 5.96. The predicted octanol–water partition coefficient (Wildman–Crippen LogP) is 8.34. The van der Waals surface area contributed by atoms with Gasteiger partial charge in [-0.1, -0.05) is 72.3 Å². The quantitative estimate of drug-likeness (QED) is 0.192. The second kappa shape index (κ2) is 12.1. The lowest BCUT2D eigenvalue weighted by Gasteiger charge is -2.19. The van der Waals surface area contributed by atoms with Crippen molar-refractivity contribution in [1.29, 1.82) is 0 Å². The first kappa shape index (κ1) is 28.7. The smallest absolute Gasteiger partial charge is 0.335 e. The zero-order chi connectivity index (χ0) is 30.8. The molecule has 0 bridgehead atoms. The van der Waals surface area contributed by atoms with E-state index in [2.05, 4.69) is 38.2 Å². The number of carbonyl (C=O) groups is 2. The number of anilines is 1. The molecule has 5 aromatic carbocycles. The van der Waals surface area contributed by atoms with Crippen LogP contribution >= 0.6 is 0 Å². The number of aromatic carboxylic acids is 1. The van der Waals surface area contributed by atoms with Crippen LogP contribution in [0.2, 0.25) is 0 Å². The van der Waals surface area contributed by atoms with E-state index in [0.717, 1.165) is 33.6 Å². The van der Waals surface area contributed by atoms with Crippen LogP contribution in [0.15, 0.2) is 103 Å². The van der Waals surface area contributed by atoms with Gasteiger partial charge in [0.05, 0.1) is 11.5 Å². The molecule has 1 atom stereocenters. The number of ether oxygens (including phenoxy) is 2. The van der Waals surface area contributed by atoms with Crippen molar-refractivity contribution in [3.63, 3.8) is 0 Å². The fourth-order valence-corrected chi connectivity index (χ4v) is 5.95. The molecule has 1 aliphatic heterocycles. The van der Waals surface area contributed by atoms with Crippen LogP contribution in [0, 0.1) is 20.8 Å². The largest absolute Gasteiger partial charge is 0.478 e. The lowest BCUT2D eigenvalue weighted by Crippen LogP contribution is -2.23. The molecular weight excluding hydrogens is 550 g/mol. The van der Waals surface area contributed by atoms with Gasteiger partial charge < -0.3 is 19.9 Å². The molecule has 1 aliphatic rings. The minimum atomic E-state index is -0.982. The Morgan fingerprint density at radius 3 is 2.00 bits per heavy atom. The number of benzene rings is 5. The highest BCUT2D eigenvalue weighted by Gasteiger charge is 2.23. The summed E-state index contributed by atoms with van der Waals surface area (Å²) in [6.07, 6.45) is 0.412. The fraction of sp³-hybridized carbons (Fsp3) is 0.158.